The van der Waals surface area contributed by atoms with Crippen molar-refractivity contribution in [2.75, 3.05) is 33.5 Å². The lowest BCUT2D eigenvalue weighted by molar-refractivity contribution is 0.171. The zero-order chi connectivity index (χ0) is 13.2. The molecular formula is C14H20N2O3. The van der Waals surface area contributed by atoms with Gasteiger partial charge in [0, 0.05) is 32.2 Å². The van der Waals surface area contributed by atoms with E-state index in [0.717, 1.165) is 43.4 Å². The number of hydrogen-bond acceptors (Lipinski definition) is 5. The van der Waals surface area contributed by atoms with E-state index in [2.05, 4.69) is 23.2 Å². The second-order valence-corrected chi connectivity index (χ2v) is 5.12. The summed E-state index contributed by atoms with van der Waals surface area (Å²) in [5.41, 5.74) is 1.20. The summed E-state index contributed by atoms with van der Waals surface area (Å²) in [6, 6.07) is 4.64. The summed E-state index contributed by atoms with van der Waals surface area (Å²) in [4.78, 5) is 2.44. The van der Waals surface area contributed by atoms with Crippen molar-refractivity contribution >= 4 is 0 Å². The predicted molar refractivity (Wildman–Crippen MR) is 71.9 cm³/mol. The van der Waals surface area contributed by atoms with Crippen molar-refractivity contribution < 1.29 is 14.2 Å². The van der Waals surface area contributed by atoms with Crippen molar-refractivity contribution in [2.45, 2.75) is 19.5 Å². The van der Waals surface area contributed by atoms with E-state index < -0.39 is 0 Å². The van der Waals surface area contributed by atoms with E-state index in [4.69, 9.17) is 14.2 Å². The lowest BCUT2D eigenvalue weighted by Crippen LogP contribution is -2.48. The van der Waals surface area contributed by atoms with Gasteiger partial charge in [0.1, 0.15) is 0 Å². The standard InChI is InChI=1S/C14H20N2O3/c1-10-7-16(4-3-15-10)8-11-5-12(17-2)14-13(6-11)18-9-19-14/h5-6,10,15H,3-4,7-9H2,1-2H3. The molecule has 0 spiro atoms. The van der Waals surface area contributed by atoms with E-state index in [9.17, 15) is 0 Å². The summed E-state index contributed by atoms with van der Waals surface area (Å²) in [6.07, 6.45) is 0. The Balaban J connectivity index is 1.77. The number of nitrogens with one attached hydrogen (secondary N) is 1. The first kappa shape index (κ1) is 12.6. The van der Waals surface area contributed by atoms with Crippen LogP contribution in [0.3, 0.4) is 0 Å². The molecule has 0 amide bonds. The summed E-state index contributed by atoms with van der Waals surface area (Å²) < 4.78 is 16.2. The van der Waals surface area contributed by atoms with Gasteiger partial charge in [0.2, 0.25) is 12.5 Å². The molecule has 5 heteroatoms. The van der Waals surface area contributed by atoms with Crippen LogP contribution in [0, 0.1) is 0 Å². The minimum atomic E-state index is 0.278. The molecule has 1 unspecified atom stereocenters. The summed E-state index contributed by atoms with van der Waals surface area (Å²) in [5, 5.41) is 3.45. The van der Waals surface area contributed by atoms with Crippen LogP contribution in [0.2, 0.25) is 0 Å². The van der Waals surface area contributed by atoms with Crippen LogP contribution in [-0.4, -0.2) is 44.5 Å². The third-order valence-electron chi connectivity index (χ3n) is 3.58. The largest absolute Gasteiger partial charge is 0.493 e. The topological polar surface area (TPSA) is 43.0 Å². The Morgan fingerprint density at radius 1 is 1.42 bits per heavy atom. The van der Waals surface area contributed by atoms with E-state index in [1.807, 2.05) is 6.07 Å². The van der Waals surface area contributed by atoms with E-state index in [1.165, 1.54) is 5.56 Å². The molecule has 1 aromatic rings. The quantitative estimate of drug-likeness (QED) is 0.889. The molecule has 1 aromatic carbocycles. The molecule has 1 saturated heterocycles. The Labute approximate surface area is 113 Å². The lowest BCUT2D eigenvalue weighted by Gasteiger charge is -2.31. The molecule has 2 heterocycles. The number of ether oxygens (including phenoxy) is 3. The summed E-state index contributed by atoms with van der Waals surface area (Å²) in [5.74, 6) is 2.27. The minimum Gasteiger partial charge on any atom is -0.493 e. The maximum atomic E-state index is 5.46. The average molecular weight is 264 g/mol. The summed E-state index contributed by atoms with van der Waals surface area (Å²) in [6.45, 7) is 6.59. The first-order chi connectivity index (χ1) is 9.26. The van der Waals surface area contributed by atoms with Gasteiger partial charge in [0.15, 0.2) is 11.5 Å². The van der Waals surface area contributed by atoms with Crippen LogP contribution < -0.4 is 19.5 Å². The zero-order valence-corrected chi connectivity index (χ0v) is 11.4. The summed E-state index contributed by atoms with van der Waals surface area (Å²) >= 11 is 0. The molecule has 1 N–H and O–H groups in total. The number of fused-ring (bicyclic) bond motifs is 1. The maximum absolute atomic E-state index is 5.46. The Morgan fingerprint density at radius 2 is 2.32 bits per heavy atom. The fraction of sp³-hybridized carbons (Fsp3) is 0.571. The van der Waals surface area contributed by atoms with E-state index in [-0.39, 0.29) is 6.79 Å². The number of piperazine rings is 1. The van der Waals surface area contributed by atoms with Crippen molar-refractivity contribution in [1.29, 1.82) is 0 Å². The normalized spacial score (nSPS) is 22.5. The first-order valence-corrected chi connectivity index (χ1v) is 6.68. The van der Waals surface area contributed by atoms with Gasteiger partial charge in [-0.25, -0.2) is 0 Å². The zero-order valence-electron chi connectivity index (χ0n) is 11.4. The Bertz CT molecular complexity index is 464. The van der Waals surface area contributed by atoms with Crippen LogP contribution in [-0.2, 0) is 6.54 Å². The van der Waals surface area contributed by atoms with Gasteiger partial charge in [-0.15, -0.1) is 0 Å². The van der Waals surface area contributed by atoms with Crippen molar-refractivity contribution in [1.82, 2.24) is 10.2 Å². The smallest absolute Gasteiger partial charge is 0.231 e. The third kappa shape index (κ3) is 2.62. The fourth-order valence-electron chi connectivity index (χ4n) is 2.69. The van der Waals surface area contributed by atoms with Gasteiger partial charge in [-0.3, -0.25) is 4.90 Å². The molecule has 1 atom stereocenters. The van der Waals surface area contributed by atoms with Gasteiger partial charge in [-0.2, -0.15) is 0 Å². The molecule has 104 valence electrons. The molecule has 0 aromatic heterocycles. The highest BCUT2D eigenvalue weighted by atomic mass is 16.7. The molecule has 1 fully saturated rings. The van der Waals surface area contributed by atoms with Crippen molar-refractivity contribution in [3.8, 4) is 17.2 Å². The molecule has 19 heavy (non-hydrogen) atoms. The van der Waals surface area contributed by atoms with E-state index in [1.54, 1.807) is 7.11 Å². The molecule has 5 nitrogen and oxygen atoms in total. The number of methoxy groups -OCH3 is 1. The fourth-order valence-corrected chi connectivity index (χ4v) is 2.69. The van der Waals surface area contributed by atoms with Crippen LogP contribution in [0.4, 0.5) is 0 Å². The Kier molecular flexibility index (Phi) is 3.48. The molecule has 2 aliphatic heterocycles. The van der Waals surface area contributed by atoms with Crippen LogP contribution in [0.5, 0.6) is 17.2 Å². The van der Waals surface area contributed by atoms with Crippen LogP contribution in [0.15, 0.2) is 12.1 Å². The number of rotatable bonds is 3. The molecule has 0 saturated carbocycles. The number of hydrogen-bond donors (Lipinski definition) is 1. The molecule has 3 rings (SSSR count). The van der Waals surface area contributed by atoms with E-state index >= 15 is 0 Å². The van der Waals surface area contributed by atoms with Crippen molar-refractivity contribution in [2.24, 2.45) is 0 Å². The average Bonchev–Trinajstić information content (AvgIpc) is 2.86. The second kappa shape index (κ2) is 5.27. The molecule has 2 aliphatic rings. The van der Waals surface area contributed by atoms with Crippen LogP contribution in [0.25, 0.3) is 0 Å². The van der Waals surface area contributed by atoms with Gasteiger partial charge in [0.25, 0.3) is 0 Å². The molecule has 0 bridgehead atoms. The number of nitrogens with zero attached hydrogens (tertiary/aromatic N) is 1. The van der Waals surface area contributed by atoms with Crippen molar-refractivity contribution in [3.05, 3.63) is 17.7 Å². The minimum absolute atomic E-state index is 0.278. The van der Waals surface area contributed by atoms with E-state index in [0.29, 0.717) is 6.04 Å². The van der Waals surface area contributed by atoms with Gasteiger partial charge < -0.3 is 19.5 Å². The summed E-state index contributed by atoms with van der Waals surface area (Å²) in [7, 11) is 1.66. The van der Waals surface area contributed by atoms with Gasteiger partial charge >= 0.3 is 0 Å². The van der Waals surface area contributed by atoms with Crippen LogP contribution in [0.1, 0.15) is 12.5 Å². The highest BCUT2D eigenvalue weighted by molar-refractivity contribution is 5.55. The highest BCUT2D eigenvalue weighted by Crippen LogP contribution is 2.42. The Hall–Kier alpha value is -1.46. The van der Waals surface area contributed by atoms with Gasteiger partial charge in [-0.1, -0.05) is 0 Å². The molecule has 0 radical (unpaired) electrons. The Morgan fingerprint density at radius 3 is 3.11 bits per heavy atom. The van der Waals surface area contributed by atoms with Crippen molar-refractivity contribution in [3.63, 3.8) is 0 Å². The van der Waals surface area contributed by atoms with Gasteiger partial charge in [-0.05, 0) is 24.6 Å². The first-order valence-electron chi connectivity index (χ1n) is 6.68. The molecule has 0 aliphatic carbocycles. The SMILES string of the molecule is COc1cc(CN2CCNC(C)C2)cc2c1OCO2. The lowest BCUT2D eigenvalue weighted by atomic mass is 10.1. The highest BCUT2D eigenvalue weighted by Gasteiger charge is 2.22. The number of benzene rings is 1. The monoisotopic (exact) mass is 264 g/mol. The predicted octanol–water partition coefficient (Wildman–Crippen LogP) is 1.22. The van der Waals surface area contributed by atoms with Gasteiger partial charge in [0.05, 0.1) is 7.11 Å². The molecular weight excluding hydrogens is 244 g/mol. The third-order valence-corrected chi connectivity index (χ3v) is 3.58. The maximum Gasteiger partial charge on any atom is 0.231 e. The second-order valence-electron chi connectivity index (χ2n) is 5.12. The van der Waals surface area contributed by atoms with Crippen LogP contribution >= 0.6 is 0 Å².